The van der Waals surface area contributed by atoms with Gasteiger partial charge in [0.25, 0.3) is 0 Å². The van der Waals surface area contributed by atoms with Crippen LogP contribution < -0.4 is 0 Å². The molecule has 0 saturated heterocycles. The van der Waals surface area contributed by atoms with Crippen LogP contribution in [0.15, 0.2) is 0 Å². The van der Waals surface area contributed by atoms with E-state index in [4.69, 9.17) is 9.47 Å². The standard InChI is InChI=1S/C14H25NO4/c1-7-15(12(17)19-13(4,5)6)14(9-10(14)3)11(16)18-8-2/h10H,7-9H2,1-6H3/t10-,14+/m1/s1. The van der Waals surface area contributed by atoms with E-state index < -0.39 is 17.2 Å². The predicted molar refractivity (Wildman–Crippen MR) is 71.8 cm³/mol. The largest absolute Gasteiger partial charge is 0.464 e. The number of amides is 1. The number of hydrogen-bond donors (Lipinski definition) is 0. The molecular formula is C14H25NO4. The van der Waals surface area contributed by atoms with Gasteiger partial charge in [-0.2, -0.15) is 0 Å². The van der Waals surface area contributed by atoms with Gasteiger partial charge in [0.2, 0.25) is 0 Å². The first-order valence-electron chi connectivity index (χ1n) is 6.86. The van der Waals surface area contributed by atoms with Crippen LogP contribution in [0.1, 0.15) is 48.0 Å². The second kappa shape index (κ2) is 5.39. The Hall–Kier alpha value is -1.26. The summed E-state index contributed by atoms with van der Waals surface area (Å²) in [5.41, 5.74) is -1.40. The van der Waals surface area contributed by atoms with E-state index in [9.17, 15) is 9.59 Å². The van der Waals surface area contributed by atoms with Gasteiger partial charge in [-0.15, -0.1) is 0 Å². The molecule has 0 aromatic carbocycles. The van der Waals surface area contributed by atoms with E-state index in [1.165, 1.54) is 4.90 Å². The minimum absolute atomic E-state index is 0.110. The van der Waals surface area contributed by atoms with Crippen LogP contribution in [0.5, 0.6) is 0 Å². The van der Waals surface area contributed by atoms with Crippen molar-refractivity contribution in [3.63, 3.8) is 0 Å². The molecule has 0 heterocycles. The van der Waals surface area contributed by atoms with Crippen molar-refractivity contribution in [1.29, 1.82) is 0 Å². The van der Waals surface area contributed by atoms with Gasteiger partial charge in [0.15, 0.2) is 0 Å². The number of esters is 1. The second-order valence-electron chi connectivity index (χ2n) is 5.97. The molecule has 1 fully saturated rings. The van der Waals surface area contributed by atoms with E-state index in [0.29, 0.717) is 19.6 Å². The highest BCUT2D eigenvalue weighted by atomic mass is 16.6. The highest BCUT2D eigenvalue weighted by Crippen LogP contribution is 2.49. The van der Waals surface area contributed by atoms with Crippen LogP contribution in [0.3, 0.4) is 0 Å². The summed E-state index contributed by atoms with van der Waals surface area (Å²) in [6, 6.07) is 0. The van der Waals surface area contributed by atoms with E-state index in [0.717, 1.165) is 0 Å². The molecule has 0 spiro atoms. The number of ether oxygens (including phenoxy) is 2. The van der Waals surface area contributed by atoms with Crippen LogP contribution in [0.25, 0.3) is 0 Å². The smallest absolute Gasteiger partial charge is 0.411 e. The topological polar surface area (TPSA) is 55.8 Å². The van der Waals surface area contributed by atoms with Crippen LogP contribution in [-0.2, 0) is 14.3 Å². The molecule has 0 aliphatic heterocycles. The Morgan fingerprint density at radius 3 is 2.16 bits per heavy atom. The number of carbonyl (C=O) groups is 2. The SMILES string of the molecule is CCOC(=O)[C@]1(N(CC)C(=O)OC(C)(C)C)C[C@H]1C. The van der Waals surface area contributed by atoms with E-state index in [2.05, 4.69) is 0 Å². The van der Waals surface area contributed by atoms with E-state index >= 15 is 0 Å². The second-order valence-corrected chi connectivity index (χ2v) is 5.97. The van der Waals surface area contributed by atoms with Crippen LogP contribution >= 0.6 is 0 Å². The summed E-state index contributed by atoms with van der Waals surface area (Å²) < 4.78 is 10.5. The zero-order chi connectivity index (χ0) is 14.8. The van der Waals surface area contributed by atoms with E-state index in [1.807, 2.05) is 34.6 Å². The Morgan fingerprint density at radius 2 is 1.84 bits per heavy atom. The summed E-state index contributed by atoms with van der Waals surface area (Å²) in [6.07, 6.45) is 0.186. The normalized spacial score (nSPS) is 25.7. The zero-order valence-corrected chi connectivity index (χ0v) is 12.8. The maximum absolute atomic E-state index is 12.2. The molecule has 0 aromatic heterocycles. The first-order chi connectivity index (χ1) is 8.69. The van der Waals surface area contributed by atoms with Gasteiger partial charge < -0.3 is 9.47 Å². The first kappa shape index (κ1) is 15.8. The summed E-state index contributed by atoms with van der Waals surface area (Å²) in [7, 11) is 0. The lowest BCUT2D eigenvalue weighted by Crippen LogP contribution is -2.50. The van der Waals surface area contributed by atoms with Gasteiger partial charge in [-0.3, -0.25) is 4.90 Å². The molecule has 0 radical (unpaired) electrons. The van der Waals surface area contributed by atoms with Crippen molar-refractivity contribution >= 4 is 12.1 Å². The Labute approximate surface area is 115 Å². The van der Waals surface area contributed by atoms with Crippen LogP contribution in [0.4, 0.5) is 4.79 Å². The molecule has 1 aliphatic rings. The highest BCUT2D eigenvalue weighted by Gasteiger charge is 2.64. The fourth-order valence-corrected chi connectivity index (χ4v) is 2.33. The fourth-order valence-electron chi connectivity index (χ4n) is 2.33. The number of carbonyl (C=O) groups excluding carboxylic acids is 2. The number of nitrogens with zero attached hydrogens (tertiary/aromatic N) is 1. The summed E-state index contributed by atoms with van der Waals surface area (Å²) in [5, 5.41) is 0. The van der Waals surface area contributed by atoms with Crippen molar-refractivity contribution in [3.8, 4) is 0 Å². The summed E-state index contributed by atoms with van der Waals surface area (Å²) in [4.78, 5) is 25.9. The van der Waals surface area contributed by atoms with Crippen molar-refractivity contribution < 1.29 is 19.1 Å². The van der Waals surface area contributed by atoms with Gasteiger partial charge in [0, 0.05) is 6.54 Å². The van der Waals surface area contributed by atoms with Gasteiger partial charge in [0.05, 0.1) is 6.61 Å². The molecule has 1 saturated carbocycles. The summed E-state index contributed by atoms with van der Waals surface area (Å²) in [6.45, 7) is 11.7. The molecule has 0 aromatic rings. The quantitative estimate of drug-likeness (QED) is 0.737. The number of hydrogen-bond acceptors (Lipinski definition) is 4. The molecule has 0 N–H and O–H groups in total. The van der Waals surface area contributed by atoms with Gasteiger partial charge in [-0.1, -0.05) is 6.92 Å². The average Bonchev–Trinajstić information content (AvgIpc) is 2.90. The predicted octanol–water partition coefficient (Wildman–Crippen LogP) is 2.59. The Balaban J connectivity index is 2.89. The van der Waals surface area contributed by atoms with Crippen LogP contribution in [0.2, 0.25) is 0 Å². The van der Waals surface area contributed by atoms with Crippen molar-refractivity contribution in [2.75, 3.05) is 13.2 Å². The average molecular weight is 271 g/mol. The molecule has 1 rings (SSSR count). The molecule has 1 amide bonds. The maximum Gasteiger partial charge on any atom is 0.411 e. The van der Waals surface area contributed by atoms with Crippen molar-refractivity contribution in [3.05, 3.63) is 0 Å². The molecule has 19 heavy (non-hydrogen) atoms. The Morgan fingerprint density at radius 1 is 1.32 bits per heavy atom. The minimum Gasteiger partial charge on any atom is -0.464 e. The molecule has 0 bridgehead atoms. The van der Waals surface area contributed by atoms with Gasteiger partial charge in [-0.05, 0) is 47.0 Å². The third-order valence-corrected chi connectivity index (χ3v) is 3.31. The third-order valence-electron chi connectivity index (χ3n) is 3.31. The van der Waals surface area contributed by atoms with Crippen LogP contribution in [0, 0.1) is 5.92 Å². The van der Waals surface area contributed by atoms with Gasteiger partial charge in [-0.25, -0.2) is 9.59 Å². The fraction of sp³-hybridized carbons (Fsp3) is 0.857. The molecule has 1 aliphatic carbocycles. The molecule has 5 heteroatoms. The molecular weight excluding hydrogens is 246 g/mol. The van der Waals surface area contributed by atoms with Crippen molar-refractivity contribution in [2.45, 2.75) is 59.1 Å². The summed E-state index contributed by atoms with van der Waals surface area (Å²) >= 11 is 0. The summed E-state index contributed by atoms with van der Waals surface area (Å²) in [5.74, 6) is -0.214. The van der Waals surface area contributed by atoms with Crippen LogP contribution in [-0.4, -0.2) is 41.3 Å². The van der Waals surface area contributed by atoms with E-state index in [-0.39, 0.29) is 11.9 Å². The number of likely N-dealkylation sites (N-methyl/N-ethyl adjacent to an activating group) is 1. The molecule has 0 unspecified atom stereocenters. The lowest BCUT2D eigenvalue weighted by molar-refractivity contribution is -0.151. The Kier molecular flexibility index (Phi) is 4.48. The van der Waals surface area contributed by atoms with Crippen molar-refractivity contribution in [1.82, 2.24) is 4.90 Å². The third kappa shape index (κ3) is 3.19. The van der Waals surface area contributed by atoms with Gasteiger partial charge in [0.1, 0.15) is 11.1 Å². The zero-order valence-electron chi connectivity index (χ0n) is 12.8. The monoisotopic (exact) mass is 271 g/mol. The maximum atomic E-state index is 12.2. The Bertz CT molecular complexity index is 361. The lowest BCUT2D eigenvalue weighted by atomic mass is 10.1. The molecule has 5 nitrogen and oxygen atoms in total. The highest BCUT2D eigenvalue weighted by molar-refractivity contribution is 5.89. The first-order valence-corrected chi connectivity index (χ1v) is 6.86. The molecule has 2 atom stereocenters. The van der Waals surface area contributed by atoms with Gasteiger partial charge >= 0.3 is 12.1 Å². The van der Waals surface area contributed by atoms with Crippen molar-refractivity contribution in [2.24, 2.45) is 5.92 Å². The number of rotatable bonds is 4. The minimum atomic E-state index is -0.826. The molecule has 110 valence electrons. The van der Waals surface area contributed by atoms with E-state index in [1.54, 1.807) is 6.92 Å². The lowest BCUT2D eigenvalue weighted by Gasteiger charge is -2.32.